The van der Waals surface area contributed by atoms with Gasteiger partial charge in [0.25, 0.3) is 5.69 Å². The van der Waals surface area contributed by atoms with Gasteiger partial charge in [-0.3, -0.25) is 10.1 Å². The van der Waals surface area contributed by atoms with Gasteiger partial charge in [0.1, 0.15) is 11.5 Å². The molecule has 0 aliphatic carbocycles. The second kappa shape index (κ2) is 7.17. The van der Waals surface area contributed by atoms with E-state index in [2.05, 4.69) is 5.32 Å². The van der Waals surface area contributed by atoms with Gasteiger partial charge < -0.3 is 10.4 Å². The summed E-state index contributed by atoms with van der Waals surface area (Å²) in [6.07, 6.45) is 2.57. The van der Waals surface area contributed by atoms with Crippen LogP contribution < -0.4 is 5.32 Å². The SMILES string of the molecule is CSCC[C@H](CO)Nc1cc(F)ccc1[N+](=O)[O-]. The van der Waals surface area contributed by atoms with Crippen molar-refractivity contribution in [2.45, 2.75) is 12.5 Å². The van der Waals surface area contributed by atoms with E-state index in [1.165, 1.54) is 0 Å². The Bertz CT molecular complexity index is 417. The maximum atomic E-state index is 13.1. The minimum absolute atomic E-state index is 0.0974. The summed E-state index contributed by atoms with van der Waals surface area (Å²) >= 11 is 1.61. The second-order valence-corrected chi connectivity index (χ2v) is 4.71. The maximum Gasteiger partial charge on any atom is 0.292 e. The molecule has 1 aromatic rings. The lowest BCUT2D eigenvalue weighted by Crippen LogP contribution is -2.25. The summed E-state index contributed by atoms with van der Waals surface area (Å²) in [5.41, 5.74) is -0.0980. The number of rotatable bonds is 7. The zero-order valence-electron chi connectivity index (χ0n) is 9.93. The van der Waals surface area contributed by atoms with Gasteiger partial charge in [-0.15, -0.1) is 0 Å². The molecular weight excluding hydrogens is 259 g/mol. The number of halogens is 1. The summed E-state index contributed by atoms with van der Waals surface area (Å²) in [4.78, 5) is 10.2. The summed E-state index contributed by atoms with van der Waals surface area (Å²) in [5.74, 6) is 0.256. The average Bonchev–Trinajstić information content (AvgIpc) is 2.34. The van der Waals surface area contributed by atoms with Crippen LogP contribution in [0.25, 0.3) is 0 Å². The maximum absolute atomic E-state index is 13.1. The summed E-state index contributed by atoms with van der Waals surface area (Å²) in [7, 11) is 0. The Labute approximate surface area is 109 Å². The van der Waals surface area contributed by atoms with Gasteiger partial charge in [0, 0.05) is 12.1 Å². The second-order valence-electron chi connectivity index (χ2n) is 3.72. The Balaban J connectivity index is 2.86. The lowest BCUT2D eigenvalue weighted by Gasteiger charge is -2.17. The fourth-order valence-electron chi connectivity index (χ4n) is 1.47. The number of nitro groups is 1. The van der Waals surface area contributed by atoms with Crippen molar-refractivity contribution in [2.75, 3.05) is 23.9 Å². The Morgan fingerprint density at radius 1 is 1.61 bits per heavy atom. The Hall–Kier alpha value is -1.34. The fraction of sp³-hybridized carbons (Fsp3) is 0.455. The van der Waals surface area contributed by atoms with Gasteiger partial charge in [-0.1, -0.05) is 0 Å². The number of hydrogen-bond donors (Lipinski definition) is 2. The quantitative estimate of drug-likeness (QED) is 0.589. The van der Waals surface area contributed by atoms with E-state index >= 15 is 0 Å². The standard InChI is InChI=1S/C11H15FN2O3S/c1-18-5-4-9(7-15)13-10-6-8(12)2-3-11(10)14(16)17/h2-3,6,9,13,15H,4-5,7H2,1H3/t9-/m1/s1. The van der Waals surface area contributed by atoms with Crippen LogP contribution in [0.3, 0.4) is 0 Å². The number of nitro benzene ring substituents is 1. The Morgan fingerprint density at radius 2 is 2.33 bits per heavy atom. The van der Waals surface area contributed by atoms with Crippen molar-refractivity contribution in [3.05, 3.63) is 34.1 Å². The summed E-state index contributed by atoms with van der Waals surface area (Å²) in [6.45, 7) is -0.159. The van der Waals surface area contributed by atoms with Crippen molar-refractivity contribution in [2.24, 2.45) is 0 Å². The van der Waals surface area contributed by atoms with Gasteiger partial charge in [0.05, 0.1) is 17.6 Å². The number of benzene rings is 1. The van der Waals surface area contributed by atoms with Gasteiger partial charge >= 0.3 is 0 Å². The molecule has 0 saturated carbocycles. The number of nitrogens with zero attached hydrogens (tertiary/aromatic N) is 1. The highest BCUT2D eigenvalue weighted by Crippen LogP contribution is 2.26. The zero-order chi connectivity index (χ0) is 13.5. The molecule has 0 aromatic heterocycles. The van der Waals surface area contributed by atoms with Crippen LogP contribution in [0.1, 0.15) is 6.42 Å². The molecule has 1 aromatic carbocycles. The minimum Gasteiger partial charge on any atom is -0.394 e. The molecule has 18 heavy (non-hydrogen) atoms. The van der Waals surface area contributed by atoms with Crippen LogP contribution in [0.5, 0.6) is 0 Å². The third kappa shape index (κ3) is 4.15. The first-order chi connectivity index (χ1) is 8.58. The molecule has 0 bridgehead atoms. The molecule has 0 aliphatic rings. The van der Waals surface area contributed by atoms with Gasteiger partial charge in [-0.25, -0.2) is 4.39 Å². The molecule has 0 aliphatic heterocycles. The molecule has 5 nitrogen and oxygen atoms in total. The van der Waals surface area contributed by atoms with Crippen molar-refractivity contribution in [3.63, 3.8) is 0 Å². The van der Waals surface area contributed by atoms with Crippen LogP contribution >= 0.6 is 11.8 Å². The van der Waals surface area contributed by atoms with Crippen LogP contribution in [0, 0.1) is 15.9 Å². The third-order valence-corrected chi connectivity index (χ3v) is 3.05. The van der Waals surface area contributed by atoms with Crippen LogP contribution in [-0.4, -0.2) is 34.7 Å². The first-order valence-electron chi connectivity index (χ1n) is 5.38. The van der Waals surface area contributed by atoms with Crippen molar-refractivity contribution >= 4 is 23.1 Å². The van der Waals surface area contributed by atoms with Crippen molar-refractivity contribution in [1.29, 1.82) is 0 Å². The molecule has 0 radical (unpaired) electrons. The highest BCUT2D eigenvalue weighted by atomic mass is 32.2. The molecule has 0 spiro atoms. The van der Waals surface area contributed by atoms with E-state index < -0.39 is 10.7 Å². The fourth-order valence-corrected chi connectivity index (χ4v) is 1.99. The summed E-state index contributed by atoms with van der Waals surface area (Å²) in [6, 6.07) is 2.90. The summed E-state index contributed by atoms with van der Waals surface area (Å²) in [5, 5.41) is 22.8. The lowest BCUT2D eigenvalue weighted by molar-refractivity contribution is -0.384. The van der Waals surface area contributed by atoms with Gasteiger partial charge in [-0.05, 0) is 24.5 Å². The van der Waals surface area contributed by atoms with Crippen molar-refractivity contribution in [1.82, 2.24) is 0 Å². The number of thioether (sulfide) groups is 1. The largest absolute Gasteiger partial charge is 0.394 e. The molecule has 0 unspecified atom stereocenters. The van der Waals surface area contributed by atoms with Gasteiger partial charge in [-0.2, -0.15) is 11.8 Å². The molecule has 0 heterocycles. The highest BCUT2D eigenvalue weighted by Gasteiger charge is 2.17. The van der Waals surface area contributed by atoms with Gasteiger partial charge in [0.15, 0.2) is 0 Å². The molecule has 100 valence electrons. The monoisotopic (exact) mass is 274 g/mol. The Morgan fingerprint density at radius 3 is 2.89 bits per heavy atom. The highest BCUT2D eigenvalue weighted by molar-refractivity contribution is 7.98. The normalized spacial score (nSPS) is 12.2. The number of aliphatic hydroxyl groups is 1. The van der Waals surface area contributed by atoms with E-state index in [0.29, 0.717) is 6.42 Å². The minimum atomic E-state index is -0.579. The molecule has 7 heteroatoms. The number of anilines is 1. The smallest absolute Gasteiger partial charge is 0.292 e. The first kappa shape index (κ1) is 14.7. The number of aliphatic hydroxyl groups excluding tert-OH is 1. The average molecular weight is 274 g/mol. The Kier molecular flexibility index (Phi) is 5.87. The first-order valence-corrected chi connectivity index (χ1v) is 6.78. The van der Waals surface area contributed by atoms with Crippen LogP contribution in [0.15, 0.2) is 18.2 Å². The molecule has 2 N–H and O–H groups in total. The molecule has 0 saturated heterocycles. The van der Waals surface area contributed by atoms with E-state index in [1.54, 1.807) is 11.8 Å². The molecule has 0 fully saturated rings. The van der Waals surface area contributed by atoms with Crippen LogP contribution in [0.2, 0.25) is 0 Å². The van der Waals surface area contributed by atoms with E-state index in [9.17, 15) is 19.6 Å². The number of nitrogens with one attached hydrogen (secondary N) is 1. The molecule has 0 amide bonds. The molecule has 1 rings (SSSR count). The zero-order valence-corrected chi connectivity index (χ0v) is 10.7. The van der Waals surface area contributed by atoms with E-state index in [4.69, 9.17) is 0 Å². The van der Waals surface area contributed by atoms with Crippen molar-refractivity contribution < 1.29 is 14.4 Å². The van der Waals surface area contributed by atoms with E-state index in [-0.39, 0.29) is 24.0 Å². The predicted molar refractivity (Wildman–Crippen MR) is 70.5 cm³/mol. The van der Waals surface area contributed by atoms with E-state index in [0.717, 1.165) is 24.0 Å². The van der Waals surface area contributed by atoms with Crippen molar-refractivity contribution in [3.8, 4) is 0 Å². The molecular formula is C11H15FN2O3S. The lowest BCUT2D eigenvalue weighted by atomic mass is 10.2. The molecule has 1 atom stereocenters. The van der Waals surface area contributed by atoms with Crippen LogP contribution in [0.4, 0.5) is 15.8 Å². The predicted octanol–water partition coefficient (Wildman–Crippen LogP) is 2.26. The summed E-state index contributed by atoms with van der Waals surface area (Å²) < 4.78 is 13.1. The topological polar surface area (TPSA) is 75.4 Å². The van der Waals surface area contributed by atoms with Gasteiger partial charge in [0.2, 0.25) is 0 Å². The number of hydrogen-bond acceptors (Lipinski definition) is 5. The third-order valence-electron chi connectivity index (χ3n) is 2.41. The van der Waals surface area contributed by atoms with Crippen LogP contribution in [-0.2, 0) is 0 Å². The van der Waals surface area contributed by atoms with E-state index in [1.807, 2.05) is 6.26 Å².